The molecule has 2 heterocycles. The summed E-state index contributed by atoms with van der Waals surface area (Å²) in [6.07, 6.45) is 1.07. The number of carbonyl (C=O) groups is 1. The van der Waals surface area contributed by atoms with Crippen LogP contribution in [0.25, 0.3) is 10.9 Å². The number of aromatic nitrogens is 1. The second kappa shape index (κ2) is 6.60. The van der Waals surface area contributed by atoms with Gasteiger partial charge in [0.1, 0.15) is 5.69 Å². The van der Waals surface area contributed by atoms with Gasteiger partial charge < -0.3 is 9.88 Å². The average Bonchev–Trinajstić information content (AvgIpc) is 3.18. The van der Waals surface area contributed by atoms with Crippen molar-refractivity contribution in [3.8, 4) is 0 Å². The monoisotopic (exact) mass is 327 g/mol. The van der Waals surface area contributed by atoms with Crippen molar-refractivity contribution in [3.63, 3.8) is 0 Å². The summed E-state index contributed by atoms with van der Waals surface area (Å²) in [5, 5.41) is 1.21. The lowest BCUT2D eigenvalue weighted by Gasteiger charge is -2.26. The van der Waals surface area contributed by atoms with Crippen molar-refractivity contribution in [2.75, 3.05) is 26.2 Å². The van der Waals surface area contributed by atoms with E-state index < -0.39 is 0 Å². The molecule has 0 radical (unpaired) electrons. The number of aromatic amines is 1. The van der Waals surface area contributed by atoms with Gasteiger partial charge in [-0.2, -0.15) is 0 Å². The maximum atomic E-state index is 13.1. The Bertz CT molecular complexity index is 758. The van der Waals surface area contributed by atoms with Gasteiger partial charge in [0.05, 0.1) is 0 Å². The molecule has 4 heteroatoms. The molecule has 130 valence electrons. The maximum absolute atomic E-state index is 13.1. The van der Waals surface area contributed by atoms with Crippen LogP contribution in [0.5, 0.6) is 0 Å². The van der Waals surface area contributed by atoms with E-state index >= 15 is 0 Å². The van der Waals surface area contributed by atoms with E-state index in [9.17, 15) is 4.79 Å². The van der Waals surface area contributed by atoms with Crippen LogP contribution in [-0.2, 0) is 0 Å². The third-order valence-electron chi connectivity index (χ3n) is 5.62. The van der Waals surface area contributed by atoms with Crippen LogP contribution >= 0.6 is 0 Å². The van der Waals surface area contributed by atoms with Crippen LogP contribution in [0, 0.1) is 20.8 Å². The topological polar surface area (TPSA) is 39.3 Å². The minimum Gasteiger partial charge on any atom is -0.350 e. The van der Waals surface area contributed by atoms with Crippen LogP contribution in [0.3, 0.4) is 0 Å². The molecule has 0 spiro atoms. The van der Waals surface area contributed by atoms with Crippen molar-refractivity contribution >= 4 is 16.8 Å². The zero-order valence-electron chi connectivity index (χ0n) is 15.6. The van der Waals surface area contributed by atoms with Crippen molar-refractivity contribution in [1.82, 2.24) is 14.8 Å². The van der Waals surface area contributed by atoms with E-state index in [4.69, 9.17) is 0 Å². The van der Waals surface area contributed by atoms with Gasteiger partial charge in [0.2, 0.25) is 0 Å². The number of likely N-dealkylation sites (tertiary alicyclic amines) is 1. The van der Waals surface area contributed by atoms with Crippen molar-refractivity contribution in [3.05, 3.63) is 34.5 Å². The van der Waals surface area contributed by atoms with Gasteiger partial charge in [-0.15, -0.1) is 0 Å². The van der Waals surface area contributed by atoms with Gasteiger partial charge in [-0.05, 0) is 57.0 Å². The predicted octanol–water partition coefficient (Wildman–Crippen LogP) is 3.65. The second-order valence-electron chi connectivity index (χ2n) is 6.99. The van der Waals surface area contributed by atoms with E-state index in [0.717, 1.165) is 49.4 Å². The molecule has 24 heavy (non-hydrogen) atoms. The number of hydrogen-bond donors (Lipinski definition) is 1. The predicted molar refractivity (Wildman–Crippen MR) is 99.7 cm³/mol. The molecule has 0 bridgehead atoms. The standard InChI is InChI=1S/C20H29N3O/c1-6-22(7-2)16-10-11-23(12-16)20(24)19-15(5)17-13(3)8-9-14(4)18(17)21-19/h8-9,16,21H,6-7,10-12H2,1-5H3. The van der Waals surface area contributed by atoms with E-state index in [0.29, 0.717) is 6.04 Å². The molecular formula is C20H29N3O. The Kier molecular flexibility index (Phi) is 4.68. The minimum atomic E-state index is 0.150. The van der Waals surface area contributed by atoms with Gasteiger partial charge in [0.25, 0.3) is 5.91 Å². The fraction of sp³-hybridized carbons (Fsp3) is 0.550. The number of benzene rings is 1. The summed E-state index contributed by atoms with van der Waals surface area (Å²) in [5.41, 5.74) is 5.38. The number of nitrogens with one attached hydrogen (secondary N) is 1. The third-order valence-corrected chi connectivity index (χ3v) is 5.62. The molecule has 1 aliphatic heterocycles. The molecule has 0 aliphatic carbocycles. The van der Waals surface area contributed by atoms with E-state index in [1.54, 1.807) is 0 Å². The summed E-state index contributed by atoms with van der Waals surface area (Å²) < 4.78 is 0. The first-order chi connectivity index (χ1) is 11.5. The Morgan fingerprint density at radius 3 is 2.50 bits per heavy atom. The van der Waals surface area contributed by atoms with Crippen LogP contribution in [0.2, 0.25) is 0 Å². The largest absolute Gasteiger partial charge is 0.350 e. The van der Waals surface area contributed by atoms with E-state index in [2.05, 4.69) is 56.6 Å². The molecule has 1 saturated heterocycles. The van der Waals surface area contributed by atoms with Crippen LogP contribution in [0.4, 0.5) is 0 Å². The normalized spacial score (nSPS) is 18.1. The highest BCUT2D eigenvalue weighted by Gasteiger charge is 2.31. The lowest BCUT2D eigenvalue weighted by atomic mass is 10.0. The van der Waals surface area contributed by atoms with Crippen molar-refractivity contribution in [2.45, 2.75) is 47.1 Å². The first kappa shape index (κ1) is 17.0. The first-order valence-corrected chi connectivity index (χ1v) is 9.09. The Labute approximate surface area is 144 Å². The summed E-state index contributed by atoms with van der Waals surface area (Å²) in [7, 11) is 0. The fourth-order valence-electron chi connectivity index (χ4n) is 4.14. The number of carbonyl (C=O) groups excluding carboxylic acids is 1. The molecule has 1 aliphatic rings. The number of aryl methyl sites for hydroxylation is 3. The third kappa shape index (κ3) is 2.73. The number of amides is 1. The van der Waals surface area contributed by atoms with Gasteiger partial charge in [-0.3, -0.25) is 9.69 Å². The van der Waals surface area contributed by atoms with Crippen LogP contribution in [-0.4, -0.2) is 52.9 Å². The zero-order chi connectivity index (χ0) is 17.4. The van der Waals surface area contributed by atoms with Crippen molar-refractivity contribution in [1.29, 1.82) is 0 Å². The Balaban J connectivity index is 1.89. The molecule has 0 saturated carbocycles. The Morgan fingerprint density at radius 2 is 1.88 bits per heavy atom. The molecule has 2 aromatic rings. The summed E-state index contributed by atoms with van der Waals surface area (Å²) in [6, 6.07) is 4.75. The molecule has 1 fully saturated rings. The SMILES string of the molecule is CCN(CC)C1CCN(C(=O)c2[nH]c3c(C)ccc(C)c3c2C)C1. The molecule has 1 aromatic carbocycles. The maximum Gasteiger partial charge on any atom is 0.270 e. The molecule has 4 nitrogen and oxygen atoms in total. The molecule has 1 N–H and O–H groups in total. The zero-order valence-corrected chi connectivity index (χ0v) is 15.6. The summed E-state index contributed by atoms with van der Waals surface area (Å²) in [5.74, 6) is 0.150. The molecule has 3 rings (SSSR count). The average molecular weight is 327 g/mol. The number of fused-ring (bicyclic) bond motifs is 1. The van der Waals surface area contributed by atoms with E-state index in [1.807, 2.05) is 4.90 Å². The number of likely N-dealkylation sites (N-methyl/N-ethyl adjacent to an activating group) is 1. The lowest BCUT2D eigenvalue weighted by molar-refractivity contribution is 0.0772. The highest BCUT2D eigenvalue weighted by Crippen LogP contribution is 2.29. The van der Waals surface area contributed by atoms with Gasteiger partial charge in [0.15, 0.2) is 0 Å². The quantitative estimate of drug-likeness (QED) is 0.931. The summed E-state index contributed by atoms with van der Waals surface area (Å²) in [6.45, 7) is 14.5. The second-order valence-corrected chi connectivity index (χ2v) is 6.99. The van der Waals surface area contributed by atoms with Crippen LogP contribution in [0.15, 0.2) is 12.1 Å². The highest BCUT2D eigenvalue weighted by molar-refractivity contribution is 6.02. The number of nitrogens with zero attached hydrogens (tertiary/aromatic N) is 2. The molecular weight excluding hydrogens is 298 g/mol. The Hall–Kier alpha value is -1.81. The van der Waals surface area contributed by atoms with Crippen LogP contribution in [0.1, 0.15) is 47.4 Å². The molecule has 1 atom stereocenters. The Morgan fingerprint density at radius 1 is 1.21 bits per heavy atom. The van der Waals surface area contributed by atoms with E-state index in [1.165, 1.54) is 16.5 Å². The molecule has 1 aromatic heterocycles. The summed E-state index contributed by atoms with van der Waals surface area (Å²) >= 11 is 0. The molecule has 1 unspecified atom stereocenters. The number of H-pyrrole nitrogens is 1. The summed E-state index contributed by atoms with van der Waals surface area (Å²) in [4.78, 5) is 21.0. The smallest absolute Gasteiger partial charge is 0.270 e. The van der Waals surface area contributed by atoms with Gasteiger partial charge in [-0.25, -0.2) is 0 Å². The number of hydrogen-bond acceptors (Lipinski definition) is 2. The van der Waals surface area contributed by atoms with E-state index in [-0.39, 0.29) is 5.91 Å². The van der Waals surface area contributed by atoms with Gasteiger partial charge >= 0.3 is 0 Å². The van der Waals surface area contributed by atoms with Gasteiger partial charge in [-0.1, -0.05) is 26.0 Å². The fourth-order valence-corrected chi connectivity index (χ4v) is 4.14. The first-order valence-electron chi connectivity index (χ1n) is 9.09. The van der Waals surface area contributed by atoms with Crippen LogP contribution < -0.4 is 0 Å². The lowest BCUT2D eigenvalue weighted by Crippen LogP contribution is -2.38. The van der Waals surface area contributed by atoms with Gasteiger partial charge in [0, 0.05) is 30.0 Å². The minimum absolute atomic E-state index is 0.150. The van der Waals surface area contributed by atoms with Crippen molar-refractivity contribution in [2.24, 2.45) is 0 Å². The highest BCUT2D eigenvalue weighted by atomic mass is 16.2. The van der Waals surface area contributed by atoms with Crippen molar-refractivity contribution < 1.29 is 4.79 Å². The number of rotatable bonds is 4. The molecule has 1 amide bonds.